The van der Waals surface area contributed by atoms with Gasteiger partial charge in [-0.2, -0.15) is 0 Å². The van der Waals surface area contributed by atoms with Crippen LogP contribution in [0, 0.1) is 0 Å². The summed E-state index contributed by atoms with van der Waals surface area (Å²) in [6.45, 7) is 6.74. The quantitative estimate of drug-likeness (QED) is 0.466. The molecule has 6 nitrogen and oxygen atoms in total. The van der Waals surface area contributed by atoms with Crippen molar-refractivity contribution in [1.82, 2.24) is 9.80 Å². The topological polar surface area (TPSA) is 66.9 Å². The van der Waals surface area contributed by atoms with Gasteiger partial charge in [0.2, 0.25) is 0 Å². The summed E-state index contributed by atoms with van der Waals surface area (Å²) in [5, 5.41) is 0. The van der Waals surface area contributed by atoms with Gasteiger partial charge in [0.15, 0.2) is 0 Å². The Labute approximate surface area is 189 Å². The average molecular weight is 435 g/mol. The summed E-state index contributed by atoms with van der Waals surface area (Å²) in [5.41, 5.74) is 4.63. The van der Waals surface area contributed by atoms with Crippen LogP contribution in [0.15, 0.2) is 36.4 Å². The van der Waals surface area contributed by atoms with Crippen LogP contribution >= 0.6 is 0 Å². The highest BCUT2D eigenvalue weighted by Crippen LogP contribution is 2.33. The van der Waals surface area contributed by atoms with Gasteiger partial charge in [-0.25, -0.2) is 4.79 Å². The van der Waals surface area contributed by atoms with E-state index in [2.05, 4.69) is 18.7 Å². The summed E-state index contributed by atoms with van der Waals surface area (Å²) < 4.78 is 4.71. The fourth-order valence-electron chi connectivity index (χ4n) is 4.89. The molecule has 2 amide bonds. The number of imide groups is 1. The number of amides is 2. The summed E-state index contributed by atoms with van der Waals surface area (Å²) in [6.07, 6.45) is 4.10. The summed E-state index contributed by atoms with van der Waals surface area (Å²) in [5.74, 6) is -0.902. The molecule has 1 aliphatic carbocycles. The molecule has 0 saturated carbocycles. The van der Waals surface area contributed by atoms with Gasteiger partial charge in [-0.3, -0.25) is 19.4 Å². The highest BCUT2D eigenvalue weighted by atomic mass is 16.5. The Bertz CT molecular complexity index is 994. The lowest BCUT2D eigenvalue weighted by molar-refractivity contribution is 0.0596. The SMILES string of the molecule is CCCN(CCC)C1Cc2cc3c(cc2C1)C(=O)N(Cc1ccc(C(=O)OC)cc1)C3=O. The van der Waals surface area contributed by atoms with E-state index in [1.165, 1.54) is 23.1 Å². The monoisotopic (exact) mass is 434 g/mol. The van der Waals surface area contributed by atoms with Gasteiger partial charge >= 0.3 is 5.97 Å². The Morgan fingerprint density at radius 1 is 0.969 bits per heavy atom. The maximum atomic E-state index is 13.1. The standard InChI is InChI=1S/C26H30N2O4/c1-4-10-27(11-5-2)21-12-19-14-22-23(15-20(19)13-21)25(30)28(24(22)29)16-17-6-8-18(9-7-17)26(31)32-3/h6-9,14-15,21H,4-5,10-13,16H2,1-3H3. The van der Waals surface area contributed by atoms with E-state index in [0.29, 0.717) is 22.7 Å². The van der Waals surface area contributed by atoms with Gasteiger partial charge < -0.3 is 4.74 Å². The van der Waals surface area contributed by atoms with Gasteiger partial charge in [-0.05, 0) is 79.7 Å². The van der Waals surface area contributed by atoms with Gasteiger partial charge in [0.1, 0.15) is 0 Å². The second-order valence-electron chi connectivity index (χ2n) is 8.65. The molecule has 2 aliphatic rings. The van der Waals surface area contributed by atoms with Crippen molar-refractivity contribution in [3.05, 3.63) is 69.8 Å². The van der Waals surface area contributed by atoms with Crippen molar-refractivity contribution in [3.8, 4) is 0 Å². The van der Waals surface area contributed by atoms with E-state index in [4.69, 9.17) is 4.74 Å². The van der Waals surface area contributed by atoms with Crippen LogP contribution in [0.2, 0.25) is 0 Å². The molecule has 0 spiro atoms. The minimum absolute atomic E-state index is 0.182. The van der Waals surface area contributed by atoms with Gasteiger partial charge in [-0.1, -0.05) is 26.0 Å². The lowest BCUT2D eigenvalue weighted by Crippen LogP contribution is -2.37. The molecule has 32 heavy (non-hydrogen) atoms. The third kappa shape index (κ3) is 4.07. The Balaban J connectivity index is 1.51. The molecule has 4 rings (SSSR count). The molecule has 0 radical (unpaired) electrons. The van der Waals surface area contributed by atoms with Crippen LogP contribution in [0.4, 0.5) is 0 Å². The molecule has 0 saturated heterocycles. The van der Waals surface area contributed by atoms with E-state index >= 15 is 0 Å². The zero-order chi connectivity index (χ0) is 22.8. The van der Waals surface area contributed by atoms with Crippen LogP contribution in [0.25, 0.3) is 0 Å². The van der Waals surface area contributed by atoms with E-state index in [1.54, 1.807) is 24.3 Å². The predicted octanol–water partition coefficient (Wildman–Crippen LogP) is 3.86. The van der Waals surface area contributed by atoms with Crippen LogP contribution in [0.1, 0.15) is 74.5 Å². The smallest absolute Gasteiger partial charge is 0.337 e. The predicted molar refractivity (Wildman–Crippen MR) is 122 cm³/mol. The number of carbonyl (C=O) groups excluding carboxylic acids is 3. The van der Waals surface area contributed by atoms with Crippen molar-refractivity contribution >= 4 is 17.8 Å². The van der Waals surface area contributed by atoms with Gasteiger partial charge in [0, 0.05) is 6.04 Å². The fourth-order valence-corrected chi connectivity index (χ4v) is 4.89. The van der Waals surface area contributed by atoms with E-state index in [1.807, 2.05) is 12.1 Å². The molecule has 0 unspecified atom stereocenters. The molecule has 0 atom stereocenters. The molecule has 1 aliphatic heterocycles. The van der Waals surface area contributed by atoms with Gasteiger partial charge in [0.25, 0.3) is 11.8 Å². The Hall–Kier alpha value is -2.99. The van der Waals surface area contributed by atoms with Crippen molar-refractivity contribution in [2.75, 3.05) is 20.2 Å². The maximum absolute atomic E-state index is 13.1. The van der Waals surface area contributed by atoms with Crippen molar-refractivity contribution in [3.63, 3.8) is 0 Å². The first kappa shape index (κ1) is 22.2. The normalized spacial score (nSPS) is 15.4. The average Bonchev–Trinajstić information content (AvgIpc) is 3.32. The maximum Gasteiger partial charge on any atom is 0.337 e. The van der Waals surface area contributed by atoms with Crippen molar-refractivity contribution in [2.45, 2.75) is 52.1 Å². The fraction of sp³-hybridized carbons (Fsp3) is 0.423. The molecule has 1 heterocycles. The molecule has 0 N–H and O–H groups in total. The van der Waals surface area contributed by atoms with Crippen LogP contribution in [0.3, 0.4) is 0 Å². The summed E-state index contributed by atoms with van der Waals surface area (Å²) >= 11 is 0. The Kier molecular flexibility index (Phi) is 6.42. The number of methoxy groups -OCH3 is 1. The number of esters is 1. The number of carbonyl (C=O) groups is 3. The van der Waals surface area contributed by atoms with Crippen molar-refractivity contribution < 1.29 is 19.1 Å². The lowest BCUT2D eigenvalue weighted by Gasteiger charge is -2.27. The third-order valence-electron chi connectivity index (χ3n) is 6.46. The number of benzene rings is 2. The summed E-state index contributed by atoms with van der Waals surface area (Å²) in [7, 11) is 1.33. The number of fused-ring (bicyclic) bond motifs is 2. The van der Waals surface area contributed by atoms with Crippen LogP contribution in [0.5, 0.6) is 0 Å². The highest BCUT2D eigenvalue weighted by molar-refractivity contribution is 6.21. The van der Waals surface area contributed by atoms with E-state index in [-0.39, 0.29) is 18.4 Å². The molecule has 6 heteroatoms. The number of rotatable bonds is 8. The molecular formula is C26H30N2O4. The summed E-state index contributed by atoms with van der Waals surface area (Å²) in [4.78, 5) is 41.6. The molecular weight excluding hydrogens is 404 g/mol. The van der Waals surface area contributed by atoms with Crippen LogP contribution in [-0.4, -0.2) is 53.8 Å². The number of hydrogen-bond donors (Lipinski definition) is 0. The lowest BCUT2D eigenvalue weighted by atomic mass is 10.0. The number of nitrogens with zero attached hydrogens (tertiary/aromatic N) is 2. The minimum atomic E-state index is -0.415. The first-order chi connectivity index (χ1) is 15.5. The molecule has 168 valence electrons. The minimum Gasteiger partial charge on any atom is -0.465 e. The van der Waals surface area contributed by atoms with E-state index in [0.717, 1.165) is 44.3 Å². The Morgan fingerprint density at radius 2 is 1.50 bits per heavy atom. The molecule has 0 aromatic heterocycles. The highest BCUT2D eigenvalue weighted by Gasteiger charge is 2.38. The summed E-state index contributed by atoms with van der Waals surface area (Å²) in [6, 6.07) is 11.1. The zero-order valence-electron chi connectivity index (χ0n) is 19.0. The van der Waals surface area contributed by atoms with Crippen LogP contribution in [-0.2, 0) is 24.1 Å². The first-order valence-electron chi connectivity index (χ1n) is 11.4. The number of hydrogen-bond acceptors (Lipinski definition) is 5. The van der Waals surface area contributed by atoms with Crippen LogP contribution < -0.4 is 0 Å². The van der Waals surface area contributed by atoms with E-state index in [9.17, 15) is 14.4 Å². The second kappa shape index (κ2) is 9.25. The third-order valence-corrected chi connectivity index (χ3v) is 6.46. The molecule has 0 bridgehead atoms. The zero-order valence-corrected chi connectivity index (χ0v) is 19.0. The number of ether oxygens (including phenoxy) is 1. The molecule has 2 aromatic carbocycles. The largest absolute Gasteiger partial charge is 0.465 e. The van der Waals surface area contributed by atoms with Gasteiger partial charge in [0.05, 0.1) is 30.3 Å². The molecule has 2 aromatic rings. The first-order valence-corrected chi connectivity index (χ1v) is 11.4. The van der Waals surface area contributed by atoms with Crippen molar-refractivity contribution in [2.24, 2.45) is 0 Å². The molecule has 0 fully saturated rings. The Morgan fingerprint density at radius 3 is 1.97 bits per heavy atom. The second-order valence-corrected chi connectivity index (χ2v) is 8.65. The van der Waals surface area contributed by atoms with E-state index < -0.39 is 5.97 Å². The van der Waals surface area contributed by atoms with Gasteiger partial charge in [-0.15, -0.1) is 0 Å². The van der Waals surface area contributed by atoms with Crippen molar-refractivity contribution in [1.29, 1.82) is 0 Å².